The Balaban J connectivity index is 2.10. The molecule has 0 aliphatic heterocycles. The van der Waals surface area contributed by atoms with Crippen molar-refractivity contribution >= 4 is 12.0 Å². The van der Waals surface area contributed by atoms with Crippen molar-refractivity contribution in [2.45, 2.75) is 13.8 Å². The lowest BCUT2D eigenvalue weighted by molar-refractivity contribution is -0.131. The second kappa shape index (κ2) is 6.06. The molecular formula is C17H16O3. The van der Waals surface area contributed by atoms with E-state index in [0.717, 1.165) is 23.1 Å². The molecule has 0 aliphatic carbocycles. The molecule has 3 nitrogen and oxygen atoms in total. The predicted molar refractivity (Wildman–Crippen MR) is 79.1 cm³/mol. The van der Waals surface area contributed by atoms with Gasteiger partial charge in [0, 0.05) is 6.08 Å². The maximum absolute atomic E-state index is 10.4. The topological polar surface area (TPSA) is 46.5 Å². The minimum atomic E-state index is -0.958. The molecule has 1 N–H and O–H groups in total. The molecule has 102 valence electrons. The lowest BCUT2D eigenvalue weighted by atomic mass is 10.1. The molecule has 0 bridgehead atoms. The molecule has 3 heteroatoms. The summed E-state index contributed by atoms with van der Waals surface area (Å²) in [6.07, 6.45) is 2.65. The molecule has 0 atom stereocenters. The standard InChI is InChI=1S/C17H16O3/c1-12-3-7-16(11-13(12)2)20-15-8-4-14(5-9-15)6-10-17(18)19/h3-11H,1-2H3,(H,18,19)/b10-6-. The van der Waals surface area contributed by atoms with Crippen LogP contribution in [0.3, 0.4) is 0 Å². The maximum atomic E-state index is 10.4. The zero-order valence-corrected chi connectivity index (χ0v) is 11.5. The van der Waals surface area contributed by atoms with Crippen molar-refractivity contribution in [2.75, 3.05) is 0 Å². The molecule has 0 amide bonds. The average Bonchev–Trinajstić information content (AvgIpc) is 2.42. The second-order valence-corrected chi connectivity index (χ2v) is 4.59. The maximum Gasteiger partial charge on any atom is 0.328 e. The predicted octanol–water partition coefficient (Wildman–Crippen LogP) is 4.19. The van der Waals surface area contributed by atoms with Crippen LogP contribution in [0.2, 0.25) is 0 Å². The molecule has 0 heterocycles. The molecule has 0 fully saturated rings. The van der Waals surface area contributed by atoms with Crippen LogP contribution in [-0.4, -0.2) is 11.1 Å². The molecule has 0 saturated carbocycles. The average molecular weight is 268 g/mol. The van der Waals surface area contributed by atoms with E-state index in [1.54, 1.807) is 6.08 Å². The molecule has 0 aliphatic rings. The molecule has 0 saturated heterocycles. The van der Waals surface area contributed by atoms with Gasteiger partial charge in [-0.3, -0.25) is 0 Å². The number of aryl methyl sites for hydroxylation is 2. The largest absolute Gasteiger partial charge is 0.478 e. The third-order valence-electron chi connectivity index (χ3n) is 3.01. The summed E-state index contributed by atoms with van der Waals surface area (Å²) in [4.78, 5) is 10.4. The van der Waals surface area contributed by atoms with Crippen LogP contribution in [0.5, 0.6) is 11.5 Å². The van der Waals surface area contributed by atoms with E-state index in [4.69, 9.17) is 9.84 Å². The van der Waals surface area contributed by atoms with Crippen molar-refractivity contribution in [1.82, 2.24) is 0 Å². The van der Waals surface area contributed by atoms with E-state index < -0.39 is 5.97 Å². The molecule has 0 radical (unpaired) electrons. The minimum absolute atomic E-state index is 0.723. The lowest BCUT2D eigenvalue weighted by Gasteiger charge is -2.08. The summed E-state index contributed by atoms with van der Waals surface area (Å²) in [7, 11) is 0. The number of carbonyl (C=O) groups is 1. The molecular weight excluding hydrogens is 252 g/mol. The van der Waals surface area contributed by atoms with Crippen LogP contribution in [0.25, 0.3) is 6.08 Å². The number of hydrogen-bond acceptors (Lipinski definition) is 2. The third kappa shape index (κ3) is 3.72. The van der Waals surface area contributed by atoms with E-state index in [0.29, 0.717) is 0 Å². The van der Waals surface area contributed by atoms with Gasteiger partial charge in [0.05, 0.1) is 0 Å². The van der Waals surface area contributed by atoms with Gasteiger partial charge >= 0.3 is 5.97 Å². The molecule has 2 rings (SSSR count). The van der Waals surface area contributed by atoms with Crippen LogP contribution in [-0.2, 0) is 4.79 Å². The van der Waals surface area contributed by atoms with Crippen molar-refractivity contribution in [3.05, 3.63) is 65.2 Å². The Morgan fingerprint density at radius 3 is 2.25 bits per heavy atom. The van der Waals surface area contributed by atoms with Crippen LogP contribution < -0.4 is 4.74 Å². The Morgan fingerprint density at radius 1 is 1.00 bits per heavy atom. The Morgan fingerprint density at radius 2 is 1.65 bits per heavy atom. The fourth-order valence-corrected chi connectivity index (χ4v) is 1.73. The number of ether oxygens (including phenoxy) is 1. The number of carboxylic acids is 1. The summed E-state index contributed by atoms with van der Waals surface area (Å²) in [6.45, 7) is 4.10. The van der Waals surface area contributed by atoms with Gasteiger partial charge in [0.15, 0.2) is 0 Å². The summed E-state index contributed by atoms with van der Waals surface area (Å²) >= 11 is 0. The van der Waals surface area contributed by atoms with Crippen LogP contribution in [0.4, 0.5) is 0 Å². The van der Waals surface area contributed by atoms with Crippen LogP contribution >= 0.6 is 0 Å². The summed E-state index contributed by atoms with van der Waals surface area (Å²) < 4.78 is 5.75. The zero-order valence-electron chi connectivity index (χ0n) is 11.5. The summed E-state index contributed by atoms with van der Waals surface area (Å²) in [5.74, 6) is 0.558. The minimum Gasteiger partial charge on any atom is -0.478 e. The first kappa shape index (κ1) is 13.9. The second-order valence-electron chi connectivity index (χ2n) is 4.59. The first-order chi connectivity index (χ1) is 9.54. The summed E-state index contributed by atoms with van der Waals surface area (Å²) in [5, 5.41) is 8.56. The Labute approximate surface area is 118 Å². The summed E-state index contributed by atoms with van der Waals surface area (Å²) in [5.41, 5.74) is 3.23. The molecule has 2 aromatic rings. The van der Waals surface area contributed by atoms with Crippen molar-refractivity contribution in [3.8, 4) is 11.5 Å². The number of hydrogen-bond donors (Lipinski definition) is 1. The highest BCUT2D eigenvalue weighted by Crippen LogP contribution is 2.24. The molecule has 20 heavy (non-hydrogen) atoms. The van der Waals surface area contributed by atoms with Crippen LogP contribution in [0.15, 0.2) is 48.5 Å². The molecule has 0 aromatic heterocycles. The highest BCUT2D eigenvalue weighted by molar-refractivity contribution is 5.85. The third-order valence-corrected chi connectivity index (χ3v) is 3.01. The Hall–Kier alpha value is -2.55. The smallest absolute Gasteiger partial charge is 0.328 e. The SMILES string of the molecule is Cc1ccc(Oc2ccc(/C=C\C(=O)O)cc2)cc1C. The highest BCUT2D eigenvalue weighted by Gasteiger charge is 1.99. The lowest BCUT2D eigenvalue weighted by Crippen LogP contribution is -1.88. The first-order valence-electron chi connectivity index (χ1n) is 6.31. The van der Waals surface area contributed by atoms with E-state index in [9.17, 15) is 4.79 Å². The van der Waals surface area contributed by atoms with Gasteiger partial charge in [0.1, 0.15) is 11.5 Å². The van der Waals surface area contributed by atoms with Gasteiger partial charge in [-0.05, 0) is 60.9 Å². The zero-order chi connectivity index (χ0) is 14.5. The number of aliphatic carboxylic acids is 1. The fourth-order valence-electron chi connectivity index (χ4n) is 1.73. The highest BCUT2D eigenvalue weighted by atomic mass is 16.5. The van der Waals surface area contributed by atoms with Crippen molar-refractivity contribution in [2.24, 2.45) is 0 Å². The van der Waals surface area contributed by atoms with Gasteiger partial charge in [-0.15, -0.1) is 0 Å². The van der Waals surface area contributed by atoms with E-state index in [1.165, 1.54) is 11.1 Å². The van der Waals surface area contributed by atoms with E-state index in [2.05, 4.69) is 6.92 Å². The van der Waals surface area contributed by atoms with Crippen LogP contribution in [0, 0.1) is 13.8 Å². The number of carboxylic acid groups (broad SMARTS) is 1. The van der Waals surface area contributed by atoms with Crippen LogP contribution in [0.1, 0.15) is 16.7 Å². The van der Waals surface area contributed by atoms with Crippen molar-refractivity contribution < 1.29 is 14.6 Å². The van der Waals surface area contributed by atoms with E-state index in [-0.39, 0.29) is 0 Å². The fraction of sp³-hybridized carbons (Fsp3) is 0.118. The van der Waals surface area contributed by atoms with Gasteiger partial charge in [0.2, 0.25) is 0 Å². The Bertz CT molecular complexity index is 640. The van der Waals surface area contributed by atoms with Gasteiger partial charge in [-0.1, -0.05) is 18.2 Å². The molecule has 0 spiro atoms. The molecule has 0 unspecified atom stereocenters. The monoisotopic (exact) mass is 268 g/mol. The van der Waals surface area contributed by atoms with Crippen molar-refractivity contribution in [1.29, 1.82) is 0 Å². The van der Waals surface area contributed by atoms with Crippen molar-refractivity contribution in [3.63, 3.8) is 0 Å². The molecule has 2 aromatic carbocycles. The van der Waals surface area contributed by atoms with Gasteiger partial charge in [-0.25, -0.2) is 4.79 Å². The van der Waals surface area contributed by atoms with E-state index in [1.807, 2.05) is 49.4 Å². The quantitative estimate of drug-likeness (QED) is 0.845. The number of rotatable bonds is 4. The first-order valence-corrected chi connectivity index (χ1v) is 6.31. The Kier molecular flexibility index (Phi) is 4.20. The van der Waals surface area contributed by atoms with Gasteiger partial charge in [-0.2, -0.15) is 0 Å². The number of benzene rings is 2. The van der Waals surface area contributed by atoms with Gasteiger partial charge < -0.3 is 9.84 Å². The summed E-state index contributed by atoms with van der Waals surface area (Å²) in [6, 6.07) is 13.2. The normalized spacial score (nSPS) is 10.7. The van der Waals surface area contributed by atoms with E-state index >= 15 is 0 Å². The van der Waals surface area contributed by atoms with Gasteiger partial charge in [0.25, 0.3) is 0 Å².